The van der Waals surface area contributed by atoms with E-state index in [2.05, 4.69) is 10.2 Å². The van der Waals surface area contributed by atoms with Gasteiger partial charge in [0.25, 0.3) is 0 Å². The quantitative estimate of drug-likeness (QED) is 0.263. The zero-order valence-electron chi connectivity index (χ0n) is 4.62. The second-order valence-corrected chi connectivity index (χ2v) is 1.29. The van der Waals surface area contributed by atoms with Crippen LogP contribution in [0.15, 0.2) is 10.2 Å². The van der Waals surface area contributed by atoms with Crippen molar-refractivity contribution in [3.8, 4) is 0 Å². The molecule has 4 N–H and O–H groups in total. The minimum absolute atomic E-state index is 0. The summed E-state index contributed by atoms with van der Waals surface area (Å²) in [5, 5.41) is 6.64. The summed E-state index contributed by atoms with van der Waals surface area (Å²) in [6, 6.07) is 0. The highest BCUT2D eigenvalue weighted by molar-refractivity contribution is 6.24. The highest BCUT2D eigenvalue weighted by atomic mass is 35.5. The van der Waals surface area contributed by atoms with Crippen LogP contribution in [0.3, 0.4) is 0 Å². The fraction of sp³-hybridized carbons (Fsp3) is 0.333. The summed E-state index contributed by atoms with van der Waals surface area (Å²) < 4.78 is 0. The highest BCUT2D eigenvalue weighted by Gasteiger charge is 1.70. The van der Waals surface area contributed by atoms with Gasteiger partial charge in [-0.1, -0.05) is 0 Å². The van der Waals surface area contributed by atoms with E-state index in [0.717, 1.165) is 0 Å². The number of alkyl halides is 1. The van der Waals surface area contributed by atoms with Crippen molar-refractivity contribution in [1.29, 1.82) is 0 Å². The molecule has 0 bridgehead atoms. The molecule has 0 aliphatic rings. The van der Waals surface area contributed by atoms with Crippen molar-refractivity contribution in [3.05, 3.63) is 0 Å². The molecule has 0 fully saturated rings. The van der Waals surface area contributed by atoms with Crippen LogP contribution in [0.25, 0.3) is 0 Å². The number of nitrogens with two attached hydrogens (primary N) is 2. The van der Waals surface area contributed by atoms with E-state index in [-0.39, 0.29) is 18.4 Å². The highest BCUT2D eigenvalue weighted by Crippen LogP contribution is 1.69. The summed E-state index contributed by atoms with van der Waals surface area (Å²) in [6.45, 7) is 0. The van der Waals surface area contributed by atoms with Gasteiger partial charge in [-0.25, -0.2) is 0 Å². The van der Waals surface area contributed by atoms with Crippen LogP contribution in [-0.4, -0.2) is 18.1 Å². The number of hydrogen-bond donors (Lipinski definition) is 2. The Hall–Kier alpha value is -0.480. The van der Waals surface area contributed by atoms with Crippen LogP contribution >= 0.6 is 24.0 Å². The first-order valence-corrected chi connectivity index (χ1v) is 2.47. The first-order valence-electron chi connectivity index (χ1n) is 1.93. The fourth-order valence-electron chi connectivity index (χ4n) is 0.138. The van der Waals surface area contributed by atoms with Crippen LogP contribution in [0, 0.1) is 0 Å². The van der Waals surface area contributed by atoms with E-state index in [0.29, 0.717) is 5.88 Å². The average Bonchev–Trinajstić information content (AvgIpc) is 1.66. The molecule has 0 saturated heterocycles. The Morgan fingerprint density at radius 3 is 2.44 bits per heavy atom. The third-order valence-electron chi connectivity index (χ3n) is 0.324. The molecule has 0 heterocycles. The van der Waals surface area contributed by atoms with Crippen LogP contribution in [0.2, 0.25) is 0 Å². The lowest BCUT2D eigenvalue weighted by Crippen LogP contribution is -2.21. The third kappa shape index (κ3) is 11.2. The van der Waals surface area contributed by atoms with Gasteiger partial charge in [-0.2, -0.15) is 5.10 Å². The smallest absolute Gasteiger partial charge is 0.211 e. The van der Waals surface area contributed by atoms with E-state index < -0.39 is 0 Å². The summed E-state index contributed by atoms with van der Waals surface area (Å²) in [5.41, 5.74) is 9.81. The lowest BCUT2D eigenvalue weighted by Gasteiger charge is -1.80. The largest absolute Gasteiger partial charge is 0.369 e. The number of hydrogen-bond acceptors (Lipinski definition) is 2. The molecular weight excluding hydrogens is 163 g/mol. The number of nitrogens with zero attached hydrogens (tertiary/aromatic N) is 2. The molecule has 0 saturated carbocycles. The van der Waals surface area contributed by atoms with Crippen molar-refractivity contribution in [2.45, 2.75) is 0 Å². The minimum atomic E-state index is -0.0635. The summed E-state index contributed by atoms with van der Waals surface area (Å²) in [7, 11) is 0. The minimum Gasteiger partial charge on any atom is -0.369 e. The molecule has 0 aromatic heterocycles. The molecule has 0 amide bonds. The molecule has 0 aromatic rings. The predicted molar refractivity (Wildman–Crippen MR) is 42.3 cm³/mol. The van der Waals surface area contributed by atoms with Crippen LogP contribution in [0.1, 0.15) is 0 Å². The Kier molecular flexibility index (Phi) is 9.47. The lowest BCUT2D eigenvalue weighted by atomic mass is 10.9. The molecule has 0 aliphatic carbocycles. The van der Waals surface area contributed by atoms with Gasteiger partial charge in [-0.05, 0) is 0 Å². The van der Waals surface area contributed by atoms with Crippen LogP contribution in [0.5, 0.6) is 0 Å². The van der Waals surface area contributed by atoms with Gasteiger partial charge in [0.1, 0.15) is 0 Å². The van der Waals surface area contributed by atoms with Gasteiger partial charge in [0.2, 0.25) is 5.96 Å². The standard InChI is InChI=1S/C3H7ClN4.ClH/c4-1-2-7-8-3(5)6;/h2H,1H2,(H4,5,6,8);1H/b7-2+;. The van der Waals surface area contributed by atoms with E-state index in [4.69, 9.17) is 23.1 Å². The Morgan fingerprint density at radius 1 is 1.56 bits per heavy atom. The summed E-state index contributed by atoms with van der Waals surface area (Å²) in [4.78, 5) is 0. The molecule has 0 aromatic carbocycles. The molecule has 0 spiro atoms. The van der Waals surface area contributed by atoms with Crippen LogP contribution in [0.4, 0.5) is 0 Å². The number of rotatable bonds is 2. The molecule has 0 aliphatic heterocycles. The van der Waals surface area contributed by atoms with Gasteiger partial charge in [0, 0.05) is 6.21 Å². The van der Waals surface area contributed by atoms with E-state index in [1.807, 2.05) is 0 Å². The summed E-state index contributed by atoms with van der Waals surface area (Å²) in [6.07, 6.45) is 1.39. The maximum Gasteiger partial charge on any atom is 0.211 e. The van der Waals surface area contributed by atoms with E-state index in [1.54, 1.807) is 0 Å². The number of halogens is 2. The maximum atomic E-state index is 5.18. The normalized spacial score (nSPS) is 8.56. The van der Waals surface area contributed by atoms with Gasteiger partial charge in [0.15, 0.2) is 0 Å². The molecule has 54 valence electrons. The van der Waals surface area contributed by atoms with Crippen molar-refractivity contribution in [2.24, 2.45) is 21.7 Å². The summed E-state index contributed by atoms with van der Waals surface area (Å²) >= 11 is 5.18. The van der Waals surface area contributed by atoms with Crippen molar-refractivity contribution < 1.29 is 0 Å². The molecule has 6 heteroatoms. The molecule has 9 heavy (non-hydrogen) atoms. The lowest BCUT2D eigenvalue weighted by molar-refractivity contribution is 1.21. The Morgan fingerprint density at radius 2 is 2.11 bits per heavy atom. The van der Waals surface area contributed by atoms with Crippen LogP contribution < -0.4 is 11.5 Å². The fourth-order valence-corrected chi connectivity index (χ4v) is 0.200. The van der Waals surface area contributed by atoms with E-state index in [9.17, 15) is 0 Å². The van der Waals surface area contributed by atoms with Gasteiger partial charge in [0.05, 0.1) is 5.88 Å². The monoisotopic (exact) mass is 170 g/mol. The topological polar surface area (TPSA) is 76.8 Å². The maximum absolute atomic E-state index is 5.18. The van der Waals surface area contributed by atoms with Crippen molar-refractivity contribution in [1.82, 2.24) is 0 Å². The zero-order valence-corrected chi connectivity index (χ0v) is 6.19. The van der Waals surface area contributed by atoms with Gasteiger partial charge in [-0.15, -0.1) is 29.1 Å². The SMILES string of the molecule is Cl.NC(N)=N/N=C/CCl. The molecule has 0 unspecified atom stereocenters. The third-order valence-corrected chi connectivity index (χ3v) is 0.462. The van der Waals surface area contributed by atoms with Crippen molar-refractivity contribution >= 4 is 36.2 Å². The number of guanidine groups is 1. The van der Waals surface area contributed by atoms with Gasteiger partial charge < -0.3 is 11.5 Å². The predicted octanol–water partition coefficient (Wildman–Crippen LogP) is -0.0938. The average molecular weight is 171 g/mol. The first-order chi connectivity index (χ1) is 3.77. The molecule has 4 nitrogen and oxygen atoms in total. The van der Waals surface area contributed by atoms with Gasteiger partial charge >= 0.3 is 0 Å². The van der Waals surface area contributed by atoms with Crippen molar-refractivity contribution in [3.63, 3.8) is 0 Å². The second-order valence-electron chi connectivity index (χ2n) is 0.977. The second kappa shape index (κ2) is 7.52. The van der Waals surface area contributed by atoms with E-state index >= 15 is 0 Å². The Balaban J connectivity index is 0. The van der Waals surface area contributed by atoms with Crippen LogP contribution in [-0.2, 0) is 0 Å². The molecular formula is C3H8Cl2N4. The van der Waals surface area contributed by atoms with E-state index in [1.165, 1.54) is 6.21 Å². The first kappa shape index (κ1) is 11.3. The molecule has 0 radical (unpaired) electrons. The van der Waals surface area contributed by atoms with Gasteiger partial charge in [-0.3, -0.25) is 0 Å². The Bertz CT molecular complexity index is 106. The zero-order chi connectivity index (χ0) is 6.41. The van der Waals surface area contributed by atoms with Crippen molar-refractivity contribution in [2.75, 3.05) is 5.88 Å². The molecule has 0 atom stereocenters. The Labute approximate surface area is 64.4 Å². The summed E-state index contributed by atoms with van der Waals surface area (Å²) in [5.74, 6) is 0.253. The molecule has 0 rings (SSSR count).